The second-order valence-corrected chi connectivity index (χ2v) is 10.00. The fourth-order valence-corrected chi connectivity index (χ4v) is 5.33. The molecular weight excluding hydrogens is 529 g/mol. The number of nitrogens with one attached hydrogen (secondary N) is 4. The van der Waals surface area contributed by atoms with Crippen molar-refractivity contribution >= 4 is 11.6 Å². The molecule has 11 nitrogen and oxygen atoms in total. The van der Waals surface area contributed by atoms with Crippen molar-refractivity contribution in [1.82, 2.24) is 30.8 Å². The van der Waals surface area contributed by atoms with E-state index >= 15 is 0 Å². The van der Waals surface area contributed by atoms with Gasteiger partial charge in [-0.15, -0.1) is 5.53 Å². The Hall–Kier alpha value is -4.58. The summed E-state index contributed by atoms with van der Waals surface area (Å²) in [4.78, 5) is 31.4. The van der Waals surface area contributed by atoms with Crippen molar-refractivity contribution in [3.05, 3.63) is 80.2 Å². The number of aryl methyl sites for hydroxylation is 4. The maximum absolute atomic E-state index is 14.0. The zero-order valence-electron chi connectivity index (χ0n) is 23.8. The Morgan fingerprint density at radius 1 is 1.10 bits per heavy atom. The Morgan fingerprint density at radius 3 is 2.51 bits per heavy atom. The van der Waals surface area contributed by atoms with E-state index in [0.29, 0.717) is 36.6 Å². The molecule has 2 aliphatic rings. The molecule has 0 radical (unpaired) electrons. The van der Waals surface area contributed by atoms with Crippen molar-refractivity contribution in [2.45, 2.75) is 47.2 Å². The molecule has 0 saturated heterocycles. The Bertz CT molecular complexity index is 1670. The van der Waals surface area contributed by atoms with Gasteiger partial charge in [0.25, 0.3) is 5.91 Å². The highest BCUT2D eigenvalue weighted by molar-refractivity contribution is 5.93. The molecule has 12 heteroatoms. The molecule has 2 aromatic carbocycles. The van der Waals surface area contributed by atoms with Gasteiger partial charge in [0.05, 0.1) is 25.1 Å². The van der Waals surface area contributed by atoms with Gasteiger partial charge >= 0.3 is 5.69 Å². The smallest absolute Gasteiger partial charge is 0.330 e. The van der Waals surface area contributed by atoms with E-state index in [1.807, 2.05) is 45.9 Å². The summed E-state index contributed by atoms with van der Waals surface area (Å²) < 4.78 is 28.4. The second kappa shape index (κ2) is 11.5. The van der Waals surface area contributed by atoms with Crippen LogP contribution >= 0.6 is 0 Å². The van der Waals surface area contributed by atoms with Gasteiger partial charge in [-0.2, -0.15) is 4.39 Å². The van der Waals surface area contributed by atoms with Gasteiger partial charge in [-0.1, -0.05) is 17.7 Å². The molecule has 1 aromatic heterocycles. The summed E-state index contributed by atoms with van der Waals surface area (Å²) >= 11 is 0. The standard InChI is InChI=1S/C29H34FN7O4/c1-6-41-23-13-19-7-9-36-21(20(19)14-22(23)40-5)15-24(32-25-17(3)11-16(2)12-18(25)4)37(29(36)39)10-8-31-28(38)26-27(30)34-35-33-26/h11-15,33-35H,6-10H2,1-5H3,(H,31,38)/b32-24+. The van der Waals surface area contributed by atoms with Crippen molar-refractivity contribution in [3.8, 4) is 22.8 Å². The fraction of sp³-hybridized carbons (Fsp3) is 0.345. The summed E-state index contributed by atoms with van der Waals surface area (Å²) in [6.45, 7) is 9.10. The van der Waals surface area contributed by atoms with Crippen LogP contribution in [0.25, 0.3) is 11.3 Å². The van der Waals surface area contributed by atoms with Gasteiger partial charge in [-0.3, -0.25) is 24.8 Å². The Kier molecular flexibility index (Phi) is 7.84. The molecule has 0 unspecified atom stereocenters. The van der Waals surface area contributed by atoms with E-state index in [1.165, 1.54) is 0 Å². The minimum absolute atomic E-state index is 0.0764. The van der Waals surface area contributed by atoms with Gasteiger partial charge in [-0.25, -0.2) is 9.79 Å². The number of carbonyl (C=O) groups excluding carboxylic acids is 1. The fourth-order valence-electron chi connectivity index (χ4n) is 5.33. The van der Waals surface area contributed by atoms with E-state index < -0.39 is 11.9 Å². The van der Waals surface area contributed by atoms with Crippen LogP contribution in [-0.4, -0.2) is 35.3 Å². The number of hydrazine groups is 2. The van der Waals surface area contributed by atoms with Crippen molar-refractivity contribution < 1.29 is 18.7 Å². The van der Waals surface area contributed by atoms with Crippen LogP contribution in [0.2, 0.25) is 0 Å². The molecule has 5 rings (SSSR count). The van der Waals surface area contributed by atoms with Gasteiger partial charge in [0, 0.05) is 31.3 Å². The number of methoxy groups -OCH3 is 1. The number of halogens is 1. The SMILES string of the molecule is CCOc1cc2c(cc1OC)-c1c/c(=N\c3c(C)cc(C)cc3C)n(CCNC(=O)C3=C(F)NNN3)c(=O)n1CC2. The summed E-state index contributed by atoms with van der Waals surface area (Å²) in [6, 6.07) is 9.88. The second-order valence-electron chi connectivity index (χ2n) is 10.00. The lowest BCUT2D eigenvalue weighted by molar-refractivity contribution is -0.118. The first-order valence-electron chi connectivity index (χ1n) is 13.5. The first-order chi connectivity index (χ1) is 19.7. The molecule has 0 atom stereocenters. The molecule has 216 valence electrons. The highest BCUT2D eigenvalue weighted by atomic mass is 19.1. The number of aromatic nitrogens is 2. The van der Waals surface area contributed by atoms with Crippen molar-refractivity contribution in [2.24, 2.45) is 4.99 Å². The molecule has 41 heavy (non-hydrogen) atoms. The predicted octanol–water partition coefficient (Wildman–Crippen LogP) is 2.31. The van der Waals surface area contributed by atoms with Gasteiger partial charge in [0.15, 0.2) is 17.2 Å². The maximum Gasteiger partial charge on any atom is 0.330 e. The summed E-state index contributed by atoms with van der Waals surface area (Å²) in [6.07, 6.45) is 0.634. The van der Waals surface area contributed by atoms with Crippen LogP contribution in [0.1, 0.15) is 29.2 Å². The number of ether oxygens (including phenoxy) is 2. The highest BCUT2D eigenvalue weighted by Gasteiger charge is 2.23. The lowest BCUT2D eigenvalue weighted by Gasteiger charge is -2.25. The van der Waals surface area contributed by atoms with Gasteiger partial charge < -0.3 is 14.8 Å². The number of hydrogen-bond acceptors (Lipinski definition) is 8. The Balaban J connectivity index is 1.62. The van der Waals surface area contributed by atoms with Crippen LogP contribution in [0.15, 0.2) is 51.8 Å². The molecule has 0 aliphatic carbocycles. The van der Waals surface area contributed by atoms with Crippen molar-refractivity contribution in [2.75, 3.05) is 20.3 Å². The van der Waals surface area contributed by atoms with Crippen LogP contribution in [0.5, 0.6) is 11.5 Å². The largest absolute Gasteiger partial charge is 0.493 e. The number of nitrogens with zero attached hydrogens (tertiary/aromatic N) is 3. The third-order valence-corrected chi connectivity index (χ3v) is 7.15. The number of amides is 1. The minimum atomic E-state index is -0.813. The third kappa shape index (κ3) is 5.42. The summed E-state index contributed by atoms with van der Waals surface area (Å²) in [5.74, 6) is -0.211. The minimum Gasteiger partial charge on any atom is -0.493 e. The number of benzene rings is 2. The predicted molar refractivity (Wildman–Crippen MR) is 152 cm³/mol. The van der Waals surface area contributed by atoms with Crippen LogP contribution < -0.4 is 42.4 Å². The molecular formula is C29H34FN7O4. The van der Waals surface area contributed by atoms with E-state index in [9.17, 15) is 14.0 Å². The first kappa shape index (κ1) is 28.0. The van der Waals surface area contributed by atoms with Crippen LogP contribution in [0, 0.1) is 20.8 Å². The quantitative estimate of drug-likeness (QED) is 0.310. The van der Waals surface area contributed by atoms with E-state index in [4.69, 9.17) is 14.5 Å². The Labute approximate surface area is 236 Å². The third-order valence-electron chi connectivity index (χ3n) is 7.15. The molecule has 0 saturated carbocycles. The molecule has 1 amide bonds. The first-order valence-corrected chi connectivity index (χ1v) is 13.5. The number of carbonyl (C=O) groups is 1. The Morgan fingerprint density at radius 2 is 1.85 bits per heavy atom. The highest BCUT2D eigenvalue weighted by Crippen LogP contribution is 2.37. The van der Waals surface area contributed by atoms with Crippen LogP contribution in [0.4, 0.5) is 10.1 Å². The number of fused-ring (bicyclic) bond motifs is 3. The summed E-state index contributed by atoms with van der Waals surface area (Å²) in [5.41, 5.74) is 13.4. The molecule has 4 N–H and O–H groups in total. The van der Waals surface area contributed by atoms with Gasteiger partial charge in [-0.05, 0) is 62.9 Å². The lowest BCUT2D eigenvalue weighted by atomic mass is 9.97. The lowest BCUT2D eigenvalue weighted by Crippen LogP contribution is -2.44. The van der Waals surface area contributed by atoms with E-state index in [0.717, 1.165) is 39.2 Å². The van der Waals surface area contributed by atoms with Crippen LogP contribution in [0.3, 0.4) is 0 Å². The zero-order chi connectivity index (χ0) is 29.3. The van der Waals surface area contributed by atoms with E-state index in [-0.39, 0.29) is 24.5 Å². The summed E-state index contributed by atoms with van der Waals surface area (Å²) in [5, 5.41) is 2.66. The molecule has 3 heterocycles. The molecule has 0 fully saturated rings. The van der Waals surface area contributed by atoms with Gasteiger partial charge in [0.1, 0.15) is 5.49 Å². The normalized spacial score (nSPS) is 14.2. The summed E-state index contributed by atoms with van der Waals surface area (Å²) in [7, 11) is 1.59. The maximum atomic E-state index is 14.0. The van der Waals surface area contributed by atoms with E-state index in [2.05, 4.69) is 33.8 Å². The topological polar surface area (TPSA) is 123 Å². The molecule has 0 spiro atoms. The molecule has 2 aliphatic heterocycles. The van der Waals surface area contributed by atoms with Crippen molar-refractivity contribution in [3.63, 3.8) is 0 Å². The average molecular weight is 564 g/mol. The number of hydrogen-bond donors (Lipinski definition) is 4. The van der Waals surface area contributed by atoms with Crippen molar-refractivity contribution in [1.29, 1.82) is 0 Å². The monoisotopic (exact) mass is 563 g/mol. The van der Waals surface area contributed by atoms with Crippen LogP contribution in [-0.2, 0) is 24.3 Å². The average Bonchev–Trinajstić information content (AvgIpc) is 3.37. The van der Waals surface area contributed by atoms with E-state index in [1.54, 1.807) is 16.2 Å². The number of rotatable bonds is 8. The zero-order valence-corrected chi connectivity index (χ0v) is 23.8. The molecule has 3 aromatic rings. The van der Waals surface area contributed by atoms with Gasteiger partial charge in [0.2, 0.25) is 5.95 Å². The molecule has 0 bridgehead atoms.